The summed E-state index contributed by atoms with van der Waals surface area (Å²) in [6.45, 7) is 3.40. The topological polar surface area (TPSA) is 118 Å². The first-order chi connectivity index (χ1) is 13.8. The molecule has 0 bridgehead atoms. The molecule has 152 valence electrons. The number of carbonyl (C=O) groups excluding carboxylic acids is 1. The molecule has 3 rings (SSSR count). The summed E-state index contributed by atoms with van der Waals surface area (Å²) in [5, 5.41) is 10.3. The van der Waals surface area contributed by atoms with Crippen LogP contribution >= 0.6 is 0 Å². The van der Waals surface area contributed by atoms with E-state index >= 15 is 0 Å². The normalized spacial score (nSPS) is 15.7. The van der Waals surface area contributed by atoms with E-state index in [0.717, 1.165) is 0 Å². The number of aliphatic imine (C=N–C) groups is 1. The maximum Gasteiger partial charge on any atom is 0.343 e. The van der Waals surface area contributed by atoms with Crippen LogP contribution in [0.5, 0.6) is 0 Å². The lowest BCUT2D eigenvalue weighted by atomic mass is 10.1. The van der Waals surface area contributed by atoms with Gasteiger partial charge in [-0.05, 0) is 38.1 Å². The van der Waals surface area contributed by atoms with Gasteiger partial charge in [0.1, 0.15) is 22.8 Å². The number of benzene rings is 1. The Morgan fingerprint density at radius 2 is 1.97 bits per heavy atom. The molecule has 0 saturated carbocycles. The highest BCUT2D eigenvalue weighted by molar-refractivity contribution is 7.89. The van der Waals surface area contributed by atoms with Gasteiger partial charge < -0.3 is 14.3 Å². The van der Waals surface area contributed by atoms with Crippen molar-refractivity contribution in [1.29, 1.82) is 0 Å². The molecule has 9 heteroatoms. The van der Waals surface area contributed by atoms with Crippen LogP contribution < -0.4 is 4.72 Å². The zero-order valence-electron chi connectivity index (χ0n) is 15.9. The van der Waals surface area contributed by atoms with Crippen LogP contribution in [0.15, 0.2) is 73.8 Å². The predicted molar refractivity (Wildman–Crippen MR) is 107 cm³/mol. The number of hydrogen-bond donors (Lipinski definition) is 2. The molecule has 0 spiro atoms. The lowest BCUT2D eigenvalue weighted by Crippen LogP contribution is -2.22. The monoisotopic (exact) mass is 416 g/mol. The molecule has 1 aromatic carbocycles. The van der Waals surface area contributed by atoms with Crippen LogP contribution in [0, 0.1) is 0 Å². The van der Waals surface area contributed by atoms with E-state index in [1.165, 1.54) is 18.2 Å². The van der Waals surface area contributed by atoms with E-state index in [0.29, 0.717) is 17.2 Å². The Morgan fingerprint density at radius 1 is 1.24 bits per heavy atom. The standard InChI is InChI=1S/C20H20N2O6S/c1-3-27-20(24)18-13(2)22-17(19(18)23)11-14-9-10-15(28-14)12-21-29(25,26)16-7-5-4-6-8-16/h4-11,21,23H,3,12H2,1-2H3/b17-11+. The summed E-state index contributed by atoms with van der Waals surface area (Å²) in [5.41, 5.74) is 0.520. The minimum atomic E-state index is -3.66. The Hall–Kier alpha value is -3.17. The fourth-order valence-corrected chi connectivity index (χ4v) is 3.70. The molecular weight excluding hydrogens is 396 g/mol. The van der Waals surface area contributed by atoms with Crippen LogP contribution in [0.1, 0.15) is 25.4 Å². The molecule has 0 atom stereocenters. The number of nitrogens with one attached hydrogen (secondary N) is 1. The Bertz CT molecular complexity index is 1110. The average molecular weight is 416 g/mol. The van der Waals surface area contributed by atoms with Gasteiger partial charge in [-0.2, -0.15) is 0 Å². The molecule has 1 aliphatic heterocycles. The van der Waals surface area contributed by atoms with E-state index in [-0.39, 0.29) is 35.1 Å². The van der Waals surface area contributed by atoms with Gasteiger partial charge in [-0.3, -0.25) is 0 Å². The average Bonchev–Trinajstić information content (AvgIpc) is 3.25. The minimum absolute atomic E-state index is 0.0144. The highest BCUT2D eigenvalue weighted by atomic mass is 32.2. The van der Waals surface area contributed by atoms with Crippen molar-refractivity contribution in [2.75, 3.05) is 6.61 Å². The summed E-state index contributed by atoms with van der Waals surface area (Å²) in [6, 6.07) is 11.2. The molecule has 0 fully saturated rings. The maximum absolute atomic E-state index is 12.3. The van der Waals surface area contributed by atoms with Gasteiger partial charge in [0, 0.05) is 6.08 Å². The Balaban J connectivity index is 1.73. The van der Waals surface area contributed by atoms with Gasteiger partial charge in [0.2, 0.25) is 10.0 Å². The molecule has 2 heterocycles. The zero-order chi connectivity index (χ0) is 21.0. The zero-order valence-corrected chi connectivity index (χ0v) is 16.7. The van der Waals surface area contributed by atoms with Gasteiger partial charge in [0.15, 0.2) is 5.76 Å². The Labute approximate surface area is 168 Å². The summed E-state index contributed by atoms with van der Waals surface area (Å²) < 4.78 is 37.5. The number of esters is 1. The third kappa shape index (κ3) is 4.64. The van der Waals surface area contributed by atoms with E-state index in [9.17, 15) is 18.3 Å². The number of aliphatic hydroxyl groups excluding tert-OH is 1. The van der Waals surface area contributed by atoms with Gasteiger partial charge in [-0.15, -0.1) is 0 Å². The second-order valence-electron chi connectivity index (χ2n) is 6.11. The number of nitrogens with zero attached hydrogens (tertiary/aromatic N) is 1. The second kappa shape index (κ2) is 8.46. The molecule has 0 aliphatic carbocycles. The van der Waals surface area contributed by atoms with Gasteiger partial charge in [-0.25, -0.2) is 22.9 Å². The summed E-state index contributed by atoms with van der Waals surface area (Å²) >= 11 is 0. The summed E-state index contributed by atoms with van der Waals surface area (Å²) in [5.74, 6) is -0.208. The molecule has 2 N–H and O–H groups in total. The van der Waals surface area contributed by atoms with Crippen molar-refractivity contribution in [3.63, 3.8) is 0 Å². The van der Waals surface area contributed by atoms with Crippen molar-refractivity contribution in [1.82, 2.24) is 4.72 Å². The van der Waals surface area contributed by atoms with Crippen molar-refractivity contribution in [2.24, 2.45) is 4.99 Å². The van der Waals surface area contributed by atoms with E-state index in [4.69, 9.17) is 9.15 Å². The highest BCUT2D eigenvalue weighted by Gasteiger charge is 2.27. The Morgan fingerprint density at radius 3 is 2.66 bits per heavy atom. The number of carbonyl (C=O) groups is 1. The predicted octanol–water partition coefficient (Wildman–Crippen LogP) is 2.95. The van der Waals surface area contributed by atoms with Crippen LogP contribution in [0.2, 0.25) is 0 Å². The number of hydrogen-bond acceptors (Lipinski definition) is 7. The Kier molecular flexibility index (Phi) is 6.00. The fraction of sp³-hybridized carbons (Fsp3) is 0.200. The molecule has 8 nitrogen and oxygen atoms in total. The molecule has 0 amide bonds. The molecule has 1 aliphatic rings. The third-order valence-electron chi connectivity index (χ3n) is 4.06. The van der Waals surface area contributed by atoms with Gasteiger partial charge in [0.05, 0.1) is 23.8 Å². The summed E-state index contributed by atoms with van der Waals surface area (Å²) in [4.78, 5) is 16.3. The number of rotatable bonds is 7. The molecule has 2 aromatic rings. The van der Waals surface area contributed by atoms with E-state index in [1.54, 1.807) is 44.2 Å². The largest absolute Gasteiger partial charge is 0.505 e. The number of sulfonamides is 1. The number of aliphatic hydroxyl groups is 1. The van der Waals surface area contributed by atoms with Crippen molar-refractivity contribution in [2.45, 2.75) is 25.3 Å². The van der Waals surface area contributed by atoms with E-state index in [1.807, 2.05) is 0 Å². The summed E-state index contributed by atoms with van der Waals surface area (Å²) in [7, 11) is -3.66. The third-order valence-corrected chi connectivity index (χ3v) is 5.48. The molecule has 29 heavy (non-hydrogen) atoms. The quantitative estimate of drug-likeness (QED) is 0.670. The van der Waals surface area contributed by atoms with Crippen LogP contribution in [-0.2, 0) is 26.1 Å². The van der Waals surface area contributed by atoms with Gasteiger partial charge >= 0.3 is 5.97 Å². The van der Waals surface area contributed by atoms with Crippen molar-refractivity contribution in [3.05, 3.63) is 71.0 Å². The van der Waals surface area contributed by atoms with Gasteiger partial charge in [-0.1, -0.05) is 18.2 Å². The van der Waals surface area contributed by atoms with Gasteiger partial charge in [0.25, 0.3) is 0 Å². The van der Waals surface area contributed by atoms with Crippen LogP contribution in [0.4, 0.5) is 0 Å². The maximum atomic E-state index is 12.3. The highest BCUT2D eigenvalue weighted by Crippen LogP contribution is 2.27. The van der Waals surface area contributed by atoms with Crippen LogP contribution in [0.25, 0.3) is 6.08 Å². The first-order valence-corrected chi connectivity index (χ1v) is 10.3. The van der Waals surface area contributed by atoms with Crippen molar-refractivity contribution >= 4 is 27.8 Å². The smallest absolute Gasteiger partial charge is 0.343 e. The molecule has 0 radical (unpaired) electrons. The van der Waals surface area contributed by atoms with Crippen molar-refractivity contribution in [3.8, 4) is 0 Å². The number of ether oxygens (including phenoxy) is 1. The van der Waals surface area contributed by atoms with E-state index < -0.39 is 16.0 Å². The lowest BCUT2D eigenvalue weighted by Gasteiger charge is -2.04. The lowest BCUT2D eigenvalue weighted by molar-refractivity contribution is -0.138. The second-order valence-corrected chi connectivity index (χ2v) is 7.88. The summed E-state index contributed by atoms with van der Waals surface area (Å²) in [6.07, 6.45) is 1.46. The SMILES string of the molecule is CCOC(=O)C1=C(O)/C(=C\c2ccc(CNS(=O)(=O)c3ccccc3)o2)N=C1C. The first-order valence-electron chi connectivity index (χ1n) is 8.83. The molecule has 0 unspecified atom stereocenters. The molecular formula is C20H20N2O6S. The minimum Gasteiger partial charge on any atom is -0.505 e. The first kappa shape index (κ1) is 20.6. The molecule has 0 saturated heterocycles. The fourth-order valence-electron chi connectivity index (χ4n) is 2.69. The van der Waals surface area contributed by atoms with Crippen molar-refractivity contribution < 1.29 is 27.5 Å². The molecule has 1 aromatic heterocycles. The van der Waals surface area contributed by atoms with Crippen LogP contribution in [0.3, 0.4) is 0 Å². The van der Waals surface area contributed by atoms with Crippen LogP contribution in [-0.4, -0.2) is 31.8 Å². The van der Waals surface area contributed by atoms with E-state index in [2.05, 4.69) is 9.71 Å². The number of furan rings is 1.